The largest absolute Gasteiger partial charge is 2.00 e. The van der Waals surface area contributed by atoms with Crippen molar-refractivity contribution in [2.45, 2.75) is 0 Å². The van der Waals surface area contributed by atoms with E-state index in [1.807, 2.05) is 0 Å². The van der Waals surface area contributed by atoms with Gasteiger partial charge in [-0.1, -0.05) is 0 Å². The molecule has 0 saturated carbocycles. The van der Waals surface area contributed by atoms with Gasteiger partial charge < -0.3 is 59.4 Å². The number of carbonyl (C=O) groups excluding carboxylic acids is 6. The van der Waals surface area contributed by atoms with Crippen molar-refractivity contribution in [2.24, 2.45) is 0 Å². The second-order valence-electron chi connectivity index (χ2n) is 10.7. The molecule has 0 saturated heterocycles. The number of hydrogen-bond acceptors (Lipinski definition) is 18. The van der Waals surface area contributed by atoms with Gasteiger partial charge in [0.1, 0.15) is 0 Å². The number of nitrogens with zero attached hydrogens (tertiary/aromatic N) is 6. The summed E-state index contributed by atoms with van der Waals surface area (Å²) < 4.78 is 0. The van der Waals surface area contributed by atoms with Crippen molar-refractivity contribution < 1.29 is 284 Å². The molecule has 0 bridgehead atoms. The molecule has 18 nitrogen and oxygen atoms in total. The number of pyridine rings is 6. The van der Waals surface area contributed by atoms with Crippen LogP contribution in [0.5, 0.6) is 0 Å². The van der Waals surface area contributed by atoms with Crippen LogP contribution in [0.4, 0.5) is 0 Å². The molecule has 0 aliphatic carbocycles. The second-order valence-corrected chi connectivity index (χ2v) is 10.7. The molecule has 0 atom stereocenters. The van der Waals surface area contributed by atoms with Crippen LogP contribution in [0.3, 0.4) is 0 Å². The molecule has 59 heavy (non-hydrogen) atoms. The van der Waals surface area contributed by atoms with Crippen LogP contribution in [0.1, 0.15) is 62.1 Å². The summed E-state index contributed by atoms with van der Waals surface area (Å²) in [5.41, 5.74) is -0.732. The van der Waals surface area contributed by atoms with Crippen LogP contribution < -0.4 is 236 Å². The Balaban J connectivity index is 0.00000105. The van der Waals surface area contributed by atoms with Gasteiger partial charge in [-0.2, -0.15) is 0 Å². The van der Waals surface area contributed by atoms with Crippen molar-refractivity contribution in [1.29, 1.82) is 0 Å². The van der Waals surface area contributed by atoms with E-state index in [0.717, 1.165) is 24.3 Å². The van der Waals surface area contributed by atoms with Crippen LogP contribution in [-0.4, -0.2) is 65.7 Å². The van der Waals surface area contributed by atoms with Crippen molar-refractivity contribution in [1.82, 2.24) is 29.9 Å². The maximum atomic E-state index is 11.3. The summed E-state index contributed by atoms with van der Waals surface area (Å²) in [6.07, 6.45) is 4.84. The normalized spacial score (nSPS) is 9.49. The summed E-state index contributed by atoms with van der Waals surface area (Å²) in [5, 5.41) is 66.7. The molecule has 0 spiro atoms. The van der Waals surface area contributed by atoms with Gasteiger partial charge >= 0.3 is 225 Å². The molecule has 0 aliphatic rings. The standard InChI is InChI=1S/2C18H11N3O6.4K.Ru/c2*22-16(23)9-1-3-19-12(5-9)14-7-11(18(26)27)8-15(21-14)13-6-10(17(24)25)2-4-20-13;;;;;/h2*1-8H,(H,22,23)(H,24,25)(H,26,27);;;;;/q;;4*+1;+2/p-6. The number of carboxylic acids is 6. The summed E-state index contributed by atoms with van der Waals surface area (Å²) in [7, 11) is 0. The Kier molecular flexibility index (Phi) is 26.6. The van der Waals surface area contributed by atoms with Crippen LogP contribution >= 0.6 is 0 Å². The fourth-order valence-electron chi connectivity index (χ4n) is 4.61. The predicted molar refractivity (Wildman–Crippen MR) is 167 cm³/mol. The number of aromatic carboxylic acids is 6. The first-order valence-electron chi connectivity index (χ1n) is 14.9. The second kappa shape index (κ2) is 27.2. The van der Waals surface area contributed by atoms with Crippen molar-refractivity contribution in [2.75, 3.05) is 0 Å². The average Bonchev–Trinajstić information content (AvgIpc) is 3.17. The molecular weight excluding hydrogens is 966 g/mol. The Hall–Kier alpha value is -1.11. The number of rotatable bonds is 10. The quantitative estimate of drug-likeness (QED) is 0.115. The first-order chi connectivity index (χ1) is 25.7. The van der Waals surface area contributed by atoms with Gasteiger partial charge in [-0.15, -0.1) is 0 Å². The van der Waals surface area contributed by atoms with Gasteiger partial charge in [0.25, 0.3) is 0 Å². The summed E-state index contributed by atoms with van der Waals surface area (Å²) in [6.45, 7) is 0. The summed E-state index contributed by atoms with van der Waals surface area (Å²) in [6, 6.07) is 14.2. The number of aromatic nitrogens is 6. The average molecular weight is 982 g/mol. The SMILES string of the molecule is O=C([O-])c1ccnc(-c2cc(C(=O)[O-])cc(-c3cc(C(=O)[O-])ccn3)n2)c1.O=C([O-])c1ccnc(-c2cc(C(=O)[O-])cc(-c3cc(C(=O)[O-])ccn3)n2)c1.[K+].[K+].[K+].[K+].[Ru+2]. The van der Waals surface area contributed by atoms with E-state index in [9.17, 15) is 59.4 Å². The molecule has 6 aromatic heterocycles. The molecule has 0 aromatic carbocycles. The van der Waals surface area contributed by atoms with Crippen molar-refractivity contribution >= 4 is 35.8 Å². The van der Waals surface area contributed by atoms with Gasteiger partial charge in [-0.05, 0) is 72.8 Å². The summed E-state index contributed by atoms with van der Waals surface area (Å²) in [5.74, 6) is -8.74. The van der Waals surface area contributed by atoms with Crippen LogP contribution in [0.15, 0.2) is 97.6 Å². The van der Waals surface area contributed by atoms with Gasteiger partial charge in [0.2, 0.25) is 0 Å². The molecule has 0 amide bonds. The van der Waals surface area contributed by atoms with Gasteiger partial charge in [0.15, 0.2) is 0 Å². The van der Waals surface area contributed by atoms with Gasteiger partial charge in [0.05, 0.1) is 81.4 Å². The van der Waals surface area contributed by atoms with Gasteiger partial charge in [-0.3, -0.25) is 19.9 Å². The maximum absolute atomic E-state index is 11.3. The number of carbonyl (C=O) groups is 6. The molecule has 6 heterocycles. The topological polar surface area (TPSA) is 318 Å². The predicted octanol–water partition coefficient (Wildman–Crippen LogP) is -15.4. The van der Waals surface area contributed by atoms with Crippen LogP contribution in [0.25, 0.3) is 45.6 Å². The van der Waals surface area contributed by atoms with E-state index in [-0.39, 0.29) is 304 Å². The van der Waals surface area contributed by atoms with Crippen molar-refractivity contribution in [3.8, 4) is 45.6 Å². The third-order valence-corrected chi connectivity index (χ3v) is 7.15. The molecule has 6 aromatic rings. The summed E-state index contributed by atoms with van der Waals surface area (Å²) >= 11 is 0. The van der Waals surface area contributed by atoms with E-state index >= 15 is 0 Å². The van der Waals surface area contributed by atoms with E-state index in [2.05, 4.69) is 29.9 Å². The van der Waals surface area contributed by atoms with Crippen molar-refractivity contribution in [3.63, 3.8) is 0 Å². The van der Waals surface area contributed by atoms with E-state index in [1.165, 1.54) is 73.3 Å². The fraction of sp³-hybridized carbons (Fsp3) is 0. The third kappa shape index (κ3) is 16.2. The minimum Gasteiger partial charge on any atom is -0.545 e. The molecule has 274 valence electrons. The van der Waals surface area contributed by atoms with Crippen LogP contribution in [-0.2, 0) is 19.5 Å². The van der Waals surface area contributed by atoms with E-state index in [4.69, 9.17) is 0 Å². The molecular formula is C36H16K4N6O12Ru. The van der Waals surface area contributed by atoms with Gasteiger partial charge in [0, 0.05) is 58.2 Å². The van der Waals surface area contributed by atoms with E-state index < -0.39 is 35.8 Å². The Bertz CT molecular complexity index is 2210. The number of hydrogen-bond donors (Lipinski definition) is 0. The first kappa shape index (κ1) is 57.9. The first-order valence-corrected chi connectivity index (χ1v) is 14.9. The Morgan fingerprint density at radius 2 is 0.475 bits per heavy atom. The zero-order valence-electron chi connectivity index (χ0n) is 31.2. The smallest absolute Gasteiger partial charge is 0.545 e. The minimum atomic E-state index is -1.51. The molecule has 0 aliphatic heterocycles. The van der Waals surface area contributed by atoms with Crippen molar-refractivity contribution in [3.05, 3.63) is 131 Å². The van der Waals surface area contributed by atoms with Gasteiger partial charge in [-0.25, -0.2) is 9.97 Å². The Morgan fingerprint density at radius 3 is 0.644 bits per heavy atom. The van der Waals surface area contributed by atoms with Crippen LogP contribution in [0, 0.1) is 0 Å². The summed E-state index contributed by atoms with van der Waals surface area (Å²) in [4.78, 5) is 91.1. The molecule has 23 heteroatoms. The Morgan fingerprint density at radius 1 is 0.305 bits per heavy atom. The van der Waals surface area contributed by atoms with Crippen LogP contribution in [0.2, 0.25) is 0 Å². The molecule has 0 N–H and O–H groups in total. The fourth-order valence-corrected chi connectivity index (χ4v) is 4.61. The molecule has 0 radical (unpaired) electrons. The zero-order chi connectivity index (χ0) is 39.1. The molecule has 0 fully saturated rings. The molecule has 6 rings (SSSR count). The zero-order valence-corrected chi connectivity index (χ0v) is 45.4. The monoisotopic (exact) mass is 982 g/mol. The van der Waals surface area contributed by atoms with E-state index in [1.54, 1.807) is 0 Å². The number of carboxylic acid groups (broad SMARTS) is 6. The Labute approximate surface area is 516 Å². The molecule has 0 unspecified atom stereocenters. The third-order valence-electron chi connectivity index (χ3n) is 7.15. The van der Waals surface area contributed by atoms with E-state index in [0.29, 0.717) is 0 Å². The maximum Gasteiger partial charge on any atom is 2.00 e. The minimum absolute atomic E-state index is 0.